The molecule has 0 spiro atoms. The van der Waals surface area contributed by atoms with Crippen LogP contribution in [0.4, 0.5) is 5.82 Å². The normalized spacial score (nSPS) is 11.0. The average Bonchev–Trinajstić information content (AvgIpc) is 3.50. The predicted octanol–water partition coefficient (Wildman–Crippen LogP) is 6.26. The summed E-state index contributed by atoms with van der Waals surface area (Å²) in [4.78, 5) is 33.2. The quantitative estimate of drug-likeness (QED) is 0.172. The van der Waals surface area contributed by atoms with E-state index in [1.165, 1.54) is 0 Å². The molecule has 0 bridgehead atoms. The van der Waals surface area contributed by atoms with Crippen molar-refractivity contribution in [1.82, 2.24) is 15.3 Å². The maximum Gasteiger partial charge on any atom is 0.255 e. The van der Waals surface area contributed by atoms with E-state index in [2.05, 4.69) is 15.3 Å². The third kappa shape index (κ3) is 4.86. The summed E-state index contributed by atoms with van der Waals surface area (Å²) in [5.41, 5.74) is 10.0. The molecule has 0 aliphatic rings. The zero-order valence-corrected chi connectivity index (χ0v) is 21.9. The molecule has 0 unspecified atom stereocenters. The maximum absolute atomic E-state index is 13.6. The van der Waals surface area contributed by atoms with Gasteiger partial charge in [0.2, 0.25) is 5.78 Å². The second-order valence-electron chi connectivity index (χ2n) is 8.72. The number of carbonyl (C=O) groups excluding carboxylic acids is 2. The number of methoxy groups -OCH3 is 1. The Morgan fingerprint density at radius 1 is 1.00 bits per heavy atom. The largest absolute Gasteiger partial charge is 0.497 e. The van der Waals surface area contributed by atoms with Gasteiger partial charge in [0.25, 0.3) is 5.91 Å². The lowest BCUT2D eigenvalue weighted by molar-refractivity contribution is 0.0955. The van der Waals surface area contributed by atoms with Crippen LogP contribution in [-0.4, -0.2) is 35.3 Å². The van der Waals surface area contributed by atoms with Crippen LogP contribution in [0.3, 0.4) is 0 Å². The Hall–Kier alpha value is -4.20. The van der Waals surface area contributed by atoms with Crippen LogP contribution in [0.1, 0.15) is 32.0 Å². The number of para-hydroxylation sites is 1. The first-order chi connectivity index (χ1) is 18.4. The number of hydrogen-bond acceptors (Lipinski definition) is 4. The van der Waals surface area contributed by atoms with Crippen LogP contribution in [0.25, 0.3) is 22.0 Å². The molecular formula is C29H24Cl2N4O3. The van der Waals surface area contributed by atoms with Gasteiger partial charge in [0, 0.05) is 34.8 Å². The Morgan fingerprint density at radius 2 is 1.76 bits per heavy atom. The third-order valence-corrected chi connectivity index (χ3v) is 7.14. The second-order valence-corrected chi connectivity index (χ2v) is 9.53. The summed E-state index contributed by atoms with van der Waals surface area (Å²) >= 11 is 12.4. The van der Waals surface area contributed by atoms with Crippen LogP contribution in [-0.2, 0) is 6.42 Å². The number of H-pyrrole nitrogens is 2. The number of aromatic amines is 2. The van der Waals surface area contributed by atoms with E-state index in [9.17, 15) is 9.59 Å². The van der Waals surface area contributed by atoms with Gasteiger partial charge in [0.15, 0.2) is 0 Å². The van der Waals surface area contributed by atoms with E-state index in [1.54, 1.807) is 49.6 Å². The predicted molar refractivity (Wildman–Crippen MR) is 151 cm³/mol. The summed E-state index contributed by atoms with van der Waals surface area (Å²) in [6.07, 6.45) is 2.55. The highest BCUT2D eigenvalue weighted by atomic mass is 35.5. The number of halogens is 2. The van der Waals surface area contributed by atoms with Gasteiger partial charge in [0.1, 0.15) is 11.6 Å². The van der Waals surface area contributed by atoms with Gasteiger partial charge in [-0.3, -0.25) is 9.59 Å². The number of fused-ring (bicyclic) bond motifs is 1. The van der Waals surface area contributed by atoms with Crippen molar-refractivity contribution in [3.05, 3.63) is 105 Å². The molecule has 0 aliphatic heterocycles. The highest BCUT2D eigenvalue weighted by Crippen LogP contribution is 2.36. The van der Waals surface area contributed by atoms with E-state index in [-0.39, 0.29) is 27.9 Å². The molecule has 0 saturated carbocycles. The molecule has 3 aromatic carbocycles. The standard InChI is InChI=1S/C29H24Cl2N4O3/c1-38-19-9-6-16(7-10-19)27(36)26-24(17-8-11-21(30)22(31)14-17)25(28(32)35-26)29(37)33-13-12-18-15-34-23-5-3-2-4-20(18)23/h2-11,14-15,34-35H,12-13,32H2,1H3,(H,33,37). The summed E-state index contributed by atoms with van der Waals surface area (Å²) in [5.74, 6) is -0.0493. The first-order valence-electron chi connectivity index (χ1n) is 11.9. The molecule has 0 aliphatic carbocycles. The smallest absolute Gasteiger partial charge is 0.255 e. The Bertz CT molecular complexity index is 1650. The molecule has 1 amide bonds. The minimum absolute atomic E-state index is 0.0764. The minimum Gasteiger partial charge on any atom is -0.497 e. The first kappa shape index (κ1) is 25.4. The Morgan fingerprint density at radius 3 is 2.50 bits per heavy atom. The Balaban J connectivity index is 1.48. The van der Waals surface area contributed by atoms with Crippen LogP contribution >= 0.6 is 23.2 Å². The fourth-order valence-corrected chi connectivity index (χ4v) is 4.79. The van der Waals surface area contributed by atoms with E-state index < -0.39 is 5.91 Å². The van der Waals surface area contributed by atoms with E-state index in [4.69, 9.17) is 33.7 Å². The lowest BCUT2D eigenvalue weighted by atomic mass is 9.96. The molecule has 5 rings (SSSR count). The number of aromatic nitrogens is 2. The fraction of sp³-hybridized carbons (Fsp3) is 0.103. The van der Waals surface area contributed by atoms with Crippen molar-refractivity contribution in [3.8, 4) is 16.9 Å². The lowest BCUT2D eigenvalue weighted by Gasteiger charge is -2.10. The van der Waals surface area contributed by atoms with E-state index in [1.807, 2.05) is 30.5 Å². The van der Waals surface area contributed by atoms with Gasteiger partial charge in [-0.1, -0.05) is 47.5 Å². The molecule has 38 heavy (non-hydrogen) atoms. The van der Waals surface area contributed by atoms with Gasteiger partial charge in [-0.05, 0) is 60.0 Å². The van der Waals surface area contributed by atoms with Crippen molar-refractivity contribution in [3.63, 3.8) is 0 Å². The SMILES string of the molecule is COc1ccc(C(=O)c2[nH]c(N)c(C(=O)NCCc3c[nH]c4ccccc34)c2-c2ccc(Cl)c(Cl)c2)cc1. The number of ether oxygens (including phenoxy) is 1. The number of nitrogens with two attached hydrogens (primary N) is 1. The highest BCUT2D eigenvalue weighted by molar-refractivity contribution is 6.42. The van der Waals surface area contributed by atoms with Gasteiger partial charge in [-0.15, -0.1) is 0 Å². The van der Waals surface area contributed by atoms with E-state index >= 15 is 0 Å². The summed E-state index contributed by atoms with van der Waals surface area (Å²) in [5, 5.41) is 4.69. The summed E-state index contributed by atoms with van der Waals surface area (Å²) in [6.45, 7) is 0.369. The third-order valence-electron chi connectivity index (χ3n) is 6.40. The molecule has 5 aromatic rings. The van der Waals surface area contributed by atoms with Gasteiger partial charge >= 0.3 is 0 Å². The lowest BCUT2D eigenvalue weighted by Crippen LogP contribution is -2.26. The van der Waals surface area contributed by atoms with Crippen molar-refractivity contribution < 1.29 is 14.3 Å². The number of benzene rings is 3. The van der Waals surface area contributed by atoms with E-state index in [0.29, 0.717) is 40.4 Å². The van der Waals surface area contributed by atoms with Gasteiger partial charge in [-0.25, -0.2) is 0 Å². The zero-order chi connectivity index (χ0) is 26.8. The summed E-state index contributed by atoms with van der Waals surface area (Å²) in [6, 6.07) is 19.6. The molecule has 9 heteroatoms. The van der Waals surface area contributed by atoms with Crippen molar-refractivity contribution in [1.29, 1.82) is 0 Å². The molecule has 5 N–H and O–H groups in total. The summed E-state index contributed by atoms with van der Waals surface area (Å²) in [7, 11) is 1.55. The fourth-order valence-electron chi connectivity index (χ4n) is 4.49. The molecule has 0 fully saturated rings. The van der Waals surface area contributed by atoms with Crippen molar-refractivity contribution in [2.45, 2.75) is 6.42 Å². The molecular weight excluding hydrogens is 523 g/mol. The van der Waals surface area contributed by atoms with Crippen LogP contribution in [0.15, 0.2) is 72.9 Å². The molecule has 0 saturated heterocycles. The molecule has 0 atom stereocenters. The number of hydrogen-bond donors (Lipinski definition) is 4. The van der Waals surface area contributed by atoms with E-state index in [0.717, 1.165) is 16.5 Å². The number of carbonyl (C=O) groups is 2. The highest BCUT2D eigenvalue weighted by Gasteiger charge is 2.27. The monoisotopic (exact) mass is 546 g/mol. The second kappa shape index (κ2) is 10.7. The Kier molecular flexibility index (Phi) is 7.13. The minimum atomic E-state index is -0.409. The zero-order valence-electron chi connectivity index (χ0n) is 20.4. The van der Waals surface area contributed by atoms with Gasteiger partial charge < -0.3 is 25.8 Å². The van der Waals surface area contributed by atoms with Crippen molar-refractivity contribution in [2.75, 3.05) is 19.4 Å². The molecule has 192 valence electrons. The first-order valence-corrected chi connectivity index (χ1v) is 12.6. The van der Waals surface area contributed by atoms with Crippen LogP contribution in [0, 0.1) is 0 Å². The number of nitrogen functional groups attached to an aromatic ring is 1. The number of anilines is 1. The van der Waals surface area contributed by atoms with Gasteiger partial charge in [-0.2, -0.15) is 0 Å². The molecule has 0 radical (unpaired) electrons. The number of nitrogens with one attached hydrogen (secondary N) is 3. The topological polar surface area (TPSA) is 113 Å². The van der Waals surface area contributed by atoms with Crippen LogP contribution in [0.5, 0.6) is 5.75 Å². The maximum atomic E-state index is 13.6. The van der Waals surface area contributed by atoms with Crippen LogP contribution < -0.4 is 15.8 Å². The number of rotatable bonds is 8. The number of ketones is 1. The number of amides is 1. The van der Waals surface area contributed by atoms with Crippen molar-refractivity contribution in [2.24, 2.45) is 0 Å². The molecule has 7 nitrogen and oxygen atoms in total. The molecule has 2 aromatic heterocycles. The van der Waals surface area contributed by atoms with Gasteiger partial charge in [0.05, 0.1) is 28.4 Å². The van der Waals surface area contributed by atoms with Crippen LogP contribution in [0.2, 0.25) is 10.0 Å². The Labute approximate surface area is 228 Å². The molecule has 2 heterocycles. The van der Waals surface area contributed by atoms with Crippen molar-refractivity contribution >= 4 is 51.6 Å². The average molecular weight is 547 g/mol. The summed E-state index contributed by atoms with van der Waals surface area (Å²) < 4.78 is 5.19.